The first-order valence-corrected chi connectivity index (χ1v) is 8.10. The molecule has 0 atom stereocenters. The van der Waals surface area contributed by atoms with Crippen molar-refractivity contribution in [1.82, 2.24) is 14.8 Å². The Morgan fingerprint density at radius 1 is 1.27 bits per heavy atom. The van der Waals surface area contributed by atoms with Gasteiger partial charge in [0.05, 0.1) is 11.0 Å². The second-order valence-corrected chi connectivity index (χ2v) is 6.40. The smallest absolute Gasteiger partial charge is 0.397 e. The Labute approximate surface area is 147 Å². The second-order valence-electron chi connectivity index (χ2n) is 5.79. The lowest BCUT2D eigenvalue weighted by Gasteiger charge is -2.26. The normalized spacial score (nSPS) is 11.9. The van der Waals surface area contributed by atoms with E-state index < -0.39 is 34.6 Å². The fraction of sp³-hybridized carbons (Fsp3) is 0.357. The van der Waals surface area contributed by atoms with Crippen LogP contribution in [0.15, 0.2) is 35.0 Å². The van der Waals surface area contributed by atoms with Crippen LogP contribution in [0.5, 0.6) is 5.88 Å². The topological polar surface area (TPSA) is 104 Å². The summed E-state index contributed by atoms with van der Waals surface area (Å²) in [5.74, 6) is -0.757. The lowest BCUT2D eigenvalue weighted by molar-refractivity contribution is -0.219. The Kier molecular flexibility index (Phi) is 5.44. The van der Waals surface area contributed by atoms with Gasteiger partial charge in [-0.1, -0.05) is 4.36 Å². The zero-order valence-corrected chi connectivity index (χ0v) is 14.4. The van der Waals surface area contributed by atoms with Gasteiger partial charge in [-0.05, 0) is 26.0 Å². The van der Waals surface area contributed by atoms with Gasteiger partial charge in [0.2, 0.25) is 5.88 Å². The monoisotopic (exact) mass is 390 g/mol. The molecule has 2 aromatic heterocycles. The van der Waals surface area contributed by atoms with Crippen LogP contribution in [0.4, 0.5) is 13.2 Å². The molecule has 2 aromatic rings. The largest absolute Gasteiger partial charge is 0.476 e. The van der Waals surface area contributed by atoms with Crippen molar-refractivity contribution in [2.45, 2.75) is 20.0 Å². The van der Waals surface area contributed by atoms with Gasteiger partial charge < -0.3 is 4.74 Å². The molecular formula is C14H13F3N4O4S. The maximum absolute atomic E-state index is 12.8. The van der Waals surface area contributed by atoms with Crippen LogP contribution in [-0.2, 0) is 10.5 Å². The summed E-state index contributed by atoms with van der Waals surface area (Å²) in [7, 11) is -2.87. The molecule has 140 valence electrons. The van der Waals surface area contributed by atoms with E-state index >= 15 is 0 Å². The van der Waals surface area contributed by atoms with Crippen molar-refractivity contribution >= 4 is 16.4 Å². The third-order valence-corrected chi connectivity index (χ3v) is 3.61. The lowest BCUT2D eigenvalue weighted by Crippen LogP contribution is -2.37. The van der Waals surface area contributed by atoms with Crippen LogP contribution in [0.3, 0.4) is 0 Å². The molecule has 2 rings (SSSR count). The van der Waals surface area contributed by atoms with E-state index in [9.17, 15) is 26.4 Å². The summed E-state index contributed by atoms with van der Waals surface area (Å²) >= 11 is 0. The first-order valence-electron chi connectivity index (χ1n) is 7.07. The van der Waals surface area contributed by atoms with Crippen molar-refractivity contribution in [3.05, 3.63) is 36.2 Å². The van der Waals surface area contributed by atoms with E-state index in [0.29, 0.717) is 0 Å². The molecule has 8 nitrogen and oxygen atoms in total. The van der Waals surface area contributed by atoms with Crippen molar-refractivity contribution in [1.29, 1.82) is 0 Å². The van der Waals surface area contributed by atoms with Gasteiger partial charge in [-0.2, -0.15) is 21.6 Å². The third kappa shape index (κ3) is 4.65. The molecule has 0 saturated heterocycles. The number of carbonyl (C=O) groups excluding carboxylic acids is 1. The Morgan fingerprint density at radius 2 is 1.96 bits per heavy atom. The standard InChI is InChI=1S/C14H13F3N4O4S/c1-13(2,14(15,16)17)8-25-11-5-6-21(19-11)10-4-3-9(7-18-10)12(22)20-26(23)24/h3-7H,8H2,1-2H3. The van der Waals surface area contributed by atoms with Gasteiger partial charge in [0.25, 0.3) is 5.91 Å². The Hall–Kier alpha value is -2.76. The predicted molar refractivity (Wildman–Crippen MR) is 82.4 cm³/mol. The summed E-state index contributed by atoms with van der Waals surface area (Å²) < 4.78 is 68.3. The van der Waals surface area contributed by atoms with Gasteiger partial charge in [0, 0.05) is 18.5 Å². The van der Waals surface area contributed by atoms with Gasteiger partial charge in [0.1, 0.15) is 6.61 Å². The Balaban J connectivity index is 2.10. The Bertz CT molecular complexity index is 926. The summed E-state index contributed by atoms with van der Waals surface area (Å²) in [5, 5.41) is 3.95. The van der Waals surface area contributed by atoms with Crippen LogP contribution >= 0.6 is 0 Å². The zero-order chi connectivity index (χ0) is 19.5. The van der Waals surface area contributed by atoms with Crippen LogP contribution in [0, 0.1) is 5.41 Å². The maximum atomic E-state index is 12.8. The minimum atomic E-state index is -4.42. The summed E-state index contributed by atoms with van der Waals surface area (Å²) in [6.07, 6.45) is -1.90. The molecular weight excluding hydrogens is 377 g/mol. The average molecular weight is 390 g/mol. The van der Waals surface area contributed by atoms with Gasteiger partial charge >= 0.3 is 16.7 Å². The maximum Gasteiger partial charge on any atom is 0.397 e. The quantitative estimate of drug-likeness (QED) is 0.777. The Morgan fingerprint density at radius 3 is 2.50 bits per heavy atom. The first kappa shape index (κ1) is 19.6. The summed E-state index contributed by atoms with van der Waals surface area (Å²) in [5.41, 5.74) is -2.09. The van der Waals surface area contributed by atoms with Crippen molar-refractivity contribution in [2.24, 2.45) is 9.78 Å². The van der Waals surface area contributed by atoms with E-state index in [2.05, 4.69) is 14.4 Å². The average Bonchev–Trinajstić information content (AvgIpc) is 3.00. The second kappa shape index (κ2) is 7.23. The van der Waals surface area contributed by atoms with Crippen molar-refractivity contribution in [2.75, 3.05) is 6.61 Å². The molecule has 0 spiro atoms. The molecule has 12 heteroatoms. The van der Waals surface area contributed by atoms with E-state index in [-0.39, 0.29) is 17.3 Å². The van der Waals surface area contributed by atoms with E-state index in [1.54, 1.807) is 0 Å². The molecule has 26 heavy (non-hydrogen) atoms. The minimum absolute atomic E-state index is 0.0268. The number of pyridine rings is 1. The highest BCUT2D eigenvalue weighted by atomic mass is 32.2. The van der Waals surface area contributed by atoms with E-state index in [1.807, 2.05) is 0 Å². The molecule has 0 unspecified atom stereocenters. The number of carbonyl (C=O) groups is 1. The summed E-state index contributed by atoms with van der Waals surface area (Å²) in [6, 6.07) is 4.02. The highest BCUT2D eigenvalue weighted by Gasteiger charge is 2.48. The molecule has 0 saturated carbocycles. The fourth-order valence-electron chi connectivity index (χ4n) is 1.62. The van der Waals surface area contributed by atoms with Crippen LogP contribution in [-0.4, -0.2) is 41.9 Å². The predicted octanol–water partition coefficient (Wildman–Crippen LogP) is 2.44. The number of amides is 1. The molecule has 0 N–H and O–H groups in total. The van der Waals surface area contributed by atoms with E-state index in [1.165, 1.54) is 29.1 Å². The highest BCUT2D eigenvalue weighted by molar-refractivity contribution is 7.62. The minimum Gasteiger partial charge on any atom is -0.476 e. The number of alkyl halides is 3. The zero-order valence-electron chi connectivity index (χ0n) is 13.6. The summed E-state index contributed by atoms with van der Waals surface area (Å²) in [6.45, 7) is 1.42. The van der Waals surface area contributed by atoms with Crippen LogP contribution < -0.4 is 4.74 Å². The highest BCUT2D eigenvalue weighted by Crippen LogP contribution is 2.37. The van der Waals surface area contributed by atoms with Crippen molar-refractivity contribution in [3.8, 4) is 11.7 Å². The molecule has 2 heterocycles. The molecule has 0 aliphatic carbocycles. The molecule has 0 bridgehead atoms. The molecule has 0 radical (unpaired) electrons. The van der Waals surface area contributed by atoms with Gasteiger partial charge in [-0.25, -0.2) is 9.67 Å². The fourth-order valence-corrected chi connectivity index (χ4v) is 1.86. The third-order valence-electron chi connectivity index (χ3n) is 3.30. The van der Waals surface area contributed by atoms with Crippen LogP contribution in [0.2, 0.25) is 0 Å². The van der Waals surface area contributed by atoms with E-state index in [4.69, 9.17) is 4.74 Å². The van der Waals surface area contributed by atoms with Crippen molar-refractivity contribution < 1.29 is 31.1 Å². The number of ether oxygens (including phenoxy) is 1. The number of halogens is 3. The summed E-state index contributed by atoms with van der Waals surface area (Å²) in [4.78, 5) is 15.4. The number of hydrogen-bond donors (Lipinski definition) is 0. The number of hydrogen-bond acceptors (Lipinski definition) is 6. The van der Waals surface area contributed by atoms with Crippen molar-refractivity contribution in [3.63, 3.8) is 0 Å². The van der Waals surface area contributed by atoms with Crippen LogP contribution in [0.25, 0.3) is 5.82 Å². The number of nitrogens with zero attached hydrogens (tertiary/aromatic N) is 4. The van der Waals surface area contributed by atoms with Crippen LogP contribution in [0.1, 0.15) is 24.2 Å². The molecule has 0 aromatic carbocycles. The molecule has 0 fully saturated rings. The molecule has 0 aliphatic rings. The van der Waals surface area contributed by atoms with Gasteiger partial charge in [-0.3, -0.25) is 4.79 Å². The number of aromatic nitrogens is 3. The first-order chi connectivity index (χ1) is 12.0. The lowest BCUT2D eigenvalue weighted by atomic mass is 9.94. The number of rotatable bonds is 5. The van der Waals surface area contributed by atoms with Gasteiger partial charge in [0.15, 0.2) is 5.82 Å². The van der Waals surface area contributed by atoms with Gasteiger partial charge in [-0.15, -0.1) is 5.10 Å². The molecule has 1 amide bonds. The molecule has 0 aliphatic heterocycles. The van der Waals surface area contributed by atoms with E-state index in [0.717, 1.165) is 20.0 Å². The SMILES string of the molecule is CC(C)(COc1ccn(-c2ccc(C(=O)N=S(=O)=O)cn2)n1)C(F)(F)F.